The molecule has 4 aromatic rings. The molecule has 0 saturated carbocycles. The van der Waals surface area contributed by atoms with Crippen LogP contribution in [0.3, 0.4) is 0 Å². The van der Waals surface area contributed by atoms with Crippen molar-refractivity contribution in [2.75, 3.05) is 6.54 Å². The van der Waals surface area contributed by atoms with Gasteiger partial charge in [-0.25, -0.2) is 9.37 Å². The molecule has 5 rings (SSSR count). The average molecular weight is 605 g/mol. The number of aromatic carboxylic acids is 1. The Hall–Kier alpha value is -4.71. The third-order valence-corrected chi connectivity index (χ3v) is 8.54. The standard InChI is InChI=1S/C39H41NO5/c41-38(42)11-4-5-24-40(26-31-18-22-35(23-19-31)39(43)44)27-33-20-21-34-9-6-10-37(36(34)25-33)45-28-32-16-14-30(15-17-32)13-12-29-7-2-1-3-8-29/h1-3,6-10,14-19,22-23,27,33H,4-5,11-13,20-21,24-26,28H2,(H-,41,42,43,44)/p+1. The Bertz CT molecular complexity index is 1590. The van der Waals surface area contributed by atoms with Crippen molar-refractivity contribution < 1.29 is 29.1 Å². The molecule has 1 unspecified atom stereocenters. The summed E-state index contributed by atoms with van der Waals surface area (Å²) >= 11 is 0. The van der Waals surface area contributed by atoms with Gasteiger partial charge in [-0.1, -0.05) is 78.9 Å². The molecule has 1 aliphatic carbocycles. The second-order valence-electron chi connectivity index (χ2n) is 12.0. The fraction of sp³-hybridized carbons (Fsp3) is 0.308. The lowest BCUT2D eigenvalue weighted by Crippen LogP contribution is -2.24. The first-order chi connectivity index (χ1) is 21.9. The summed E-state index contributed by atoms with van der Waals surface area (Å²) in [5.41, 5.74) is 7.73. The van der Waals surface area contributed by atoms with Gasteiger partial charge in [-0.3, -0.25) is 4.79 Å². The van der Waals surface area contributed by atoms with Crippen LogP contribution < -0.4 is 4.74 Å². The van der Waals surface area contributed by atoms with Gasteiger partial charge < -0.3 is 14.9 Å². The van der Waals surface area contributed by atoms with Gasteiger partial charge in [0.25, 0.3) is 0 Å². The zero-order chi connectivity index (χ0) is 31.4. The molecule has 0 amide bonds. The molecular weight excluding hydrogens is 562 g/mol. The van der Waals surface area contributed by atoms with Crippen molar-refractivity contribution in [2.24, 2.45) is 5.92 Å². The van der Waals surface area contributed by atoms with E-state index in [1.165, 1.54) is 22.3 Å². The number of hydrogen-bond acceptors (Lipinski definition) is 3. The van der Waals surface area contributed by atoms with E-state index < -0.39 is 11.9 Å². The number of ether oxygens (including phenoxy) is 1. The lowest BCUT2D eigenvalue weighted by molar-refractivity contribution is -0.542. The molecule has 0 spiro atoms. The van der Waals surface area contributed by atoms with E-state index in [0.29, 0.717) is 25.5 Å². The van der Waals surface area contributed by atoms with Crippen LogP contribution in [0.1, 0.15) is 69.4 Å². The number of carboxylic acids is 2. The van der Waals surface area contributed by atoms with Crippen molar-refractivity contribution in [1.29, 1.82) is 0 Å². The quantitative estimate of drug-likeness (QED) is 0.0839. The lowest BCUT2D eigenvalue weighted by atomic mass is 9.84. The molecule has 0 aliphatic heterocycles. The van der Waals surface area contributed by atoms with Gasteiger partial charge in [-0.2, -0.15) is 0 Å². The van der Waals surface area contributed by atoms with E-state index in [2.05, 4.69) is 83.6 Å². The molecule has 1 aliphatic rings. The first kappa shape index (κ1) is 31.7. The van der Waals surface area contributed by atoms with Crippen LogP contribution in [0.15, 0.2) is 97.1 Å². The van der Waals surface area contributed by atoms with Crippen molar-refractivity contribution >= 4 is 18.2 Å². The number of carboxylic acid groups (broad SMARTS) is 2. The number of aliphatic carboxylic acids is 1. The van der Waals surface area contributed by atoms with E-state index in [-0.39, 0.29) is 12.0 Å². The summed E-state index contributed by atoms with van der Waals surface area (Å²) < 4.78 is 8.68. The highest BCUT2D eigenvalue weighted by molar-refractivity contribution is 5.87. The van der Waals surface area contributed by atoms with Crippen LogP contribution in [0.25, 0.3) is 0 Å². The van der Waals surface area contributed by atoms with Crippen LogP contribution in [-0.2, 0) is 43.6 Å². The summed E-state index contributed by atoms with van der Waals surface area (Å²) in [4.78, 5) is 22.3. The number of nitrogens with zero attached hydrogens (tertiary/aromatic N) is 1. The molecule has 4 aromatic carbocycles. The topological polar surface area (TPSA) is 86.8 Å². The minimum atomic E-state index is -0.937. The van der Waals surface area contributed by atoms with Crippen LogP contribution in [-0.4, -0.2) is 39.5 Å². The highest BCUT2D eigenvalue weighted by atomic mass is 16.5. The van der Waals surface area contributed by atoms with E-state index in [4.69, 9.17) is 9.84 Å². The third kappa shape index (κ3) is 9.64. The van der Waals surface area contributed by atoms with E-state index in [0.717, 1.165) is 61.9 Å². The largest absolute Gasteiger partial charge is 0.489 e. The van der Waals surface area contributed by atoms with Gasteiger partial charge >= 0.3 is 11.9 Å². The molecule has 232 valence electrons. The lowest BCUT2D eigenvalue weighted by Gasteiger charge is -2.24. The zero-order valence-corrected chi connectivity index (χ0v) is 25.7. The van der Waals surface area contributed by atoms with Gasteiger partial charge in [-0.05, 0) is 84.5 Å². The normalized spacial score (nSPS) is 14.5. The van der Waals surface area contributed by atoms with Gasteiger partial charge in [0.05, 0.1) is 5.56 Å². The van der Waals surface area contributed by atoms with E-state index in [1.807, 2.05) is 12.1 Å². The number of benzene rings is 4. The van der Waals surface area contributed by atoms with Crippen molar-refractivity contribution in [3.05, 3.63) is 136 Å². The predicted octanol–water partition coefficient (Wildman–Crippen LogP) is 7.39. The van der Waals surface area contributed by atoms with Gasteiger partial charge in [0.2, 0.25) is 0 Å². The SMILES string of the molecule is O=C(O)CCCC[N+](=CC1CCc2cccc(OCc3ccc(CCc4ccccc4)cc3)c2C1)Cc1ccc(C(=O)O)cc1. The Labute approximate surface area is 265 Å². The summed E-state index contributed by atoms with van der Waals surface area (Å²) in [5, 5.41) is 18.3. The van der Waals surface area contributed by atoms with Gasteiger partial charge in [0, 0.05) is 24.3 Å². The zero-order valence-electron chi connectivity index (χ0n) is 25.7. The van der Waals surface area contributed by atoms with Gasteiger partial charge in [0.1, 0.15) is 25.1 Å². The average Bonchev–Trinajstić information content (AvgIpc) is 3.06. The molecule has 0 fully saturated rings. The summed E-state index contributed by atoms with van der Waals surface area (Å²) in [6.07, 6.45) is 8.80. The third-order valence-electron chi connectivity index (χ3n) is 8.54. The summed E-state index contributed by atoms with van der Waals surface area (Å²) in [5.74, 6) is -0.446. The Morgan fingerprint density at radius 1 is 0.778 bits per heavy atom. The number of aryl methyl sites for hydroxylation is 3. The first-order valence-electron chi connectivity index (χ1n) is 15.9. The maximum atomic E-state index is 11.3. The second-order valence-corrected chi connectivity index (χ2v) is 12.0. The molecule has 1 atom stereocenters. The maximum Gasteiger partial charge on any atom is 0.335 e. The smallest absolute Gasteiger partial charge is 0.335 e. The minimum absolute atomic E-state index is 0.162. The van der Waals surface area contributed by atoms with Crippen molar-refractivity contribution in [3.63, 3.8) is 0 Å². The molecule has 6 nitrogen and oxygen atoms in total. The fourth-order valence-electron chi connectivity index (χ4n) is 6.02. The minimum Gasteiger partial charge on any atom is -0.489 e. The molecule has 0 heterocycles. The molecule has 6 heteroatoms. The summed E-state index contributed by atoms with van der Waals surface area (Å²) in [7, 11) is 0. The van der Waals surface area contributed by atoms with Crippen molar-refractivity contribution in [2.45, 2.75) is 64.5 Å². The monoisotopic (exact) mass is 604 g/mol. The number of unbranched alkanes of at least 4 members (excludes halogenated alkanes) is 1. The van der Waals surface area contributed by atoms with E-state index in [1.54, 1.807) is 12.1 Å². The molecule has 0 saturated heterocycles. The molecule has 0 aromatic heterocycles. The van der Waals surface area contributed by atoms with Crippen molar-refractivity contribution in [3.8, 4) is 5.75 Å². The van der Waals surface area contributed by atoms with Crippen LogP contribution in [0, 0.1) is 5.92 Å². The second kappa shape index (κ2) is 15.8. The van der Waals surface area contributed by atoms with Crippen LogP contribution >= 0.6 is 0 Å². The number of fused-ring (bicyclic) bond motifs is 1. The maximum absolute atomic E-state index is 11.3. The Morgan fingerprint density at radius 3 is 2.18 bits per heavy atom. The summed E-state index contributed by atoms with van der Waals surface area (Å²) in [6.45, 7) is 1.92. The fourth-order valence-corrected chi connectivity index (χ4v) is 6.02. The number of rotatable bonds is 15. The number of carbonyl (C=O) groups is 2. The van der Waals surface area contributed by atoms with Gasteiger partial charge in [-0.15, -0.1) is 0 Å². The van der Waals surface area contributed by atoms with Crippen LogP contribution in [0.5, 0.6) is 5.75 Å². The van der Waals surface area contributed by atoms with Crippen molar-refractivity contribution in [1.82, 2.24) is 0 Å². The molecule has 2 N–H and O–H groups in total. The Balaban J connectivity index is 1.23. The summed E-state index contributed by atoms with van der Waals surface area (Å²) in [6, 6.07) is 32.7. The predicted molar refractivity (Wildman–Crippen MR) is 176 cm³/mol. The molecule has 0 radical (unpaired) electrons. The molecule has 45 heavy (non-hydrogen) atoms. The van der Waals surface area contributed by atoms with Gasteiger partial charge in [0.15, 0.2) is 6.54 Å². The Morgan fingerprint density at radius 2 is 1.47 bits per heavy atom. The highest BCUT2D eigenvalue weighted by Gasteiger charge is 2.24. The number of hydrogen-bond donors (Lipinski definition) is 2. The first-order valence-corrected chi connectivity index (χ1v) is 15.9. The molecular formula is C39H42NO5+. The Kier molecular flexibility index (Phi) is 11.2. The van der Waals surface area contributed by atoms with Crippen LogP contribution in [0.2, 0.25) is 0 Å². The highest BCUT2D eigenvalue weighted by Crippen LogP contribution is 2.32. The van der Waals surface area contributed by atoms with E-state index in [9.17, 15) is 14.7 Å². The van der Waals surface area contributed by atoms with Crippen LogP contribution in [0.4, 0.5) is 0 Å². The molecule has 0 bridgehead atoms. The van der Waals surface area contributed by atoms with E-state index >= 15 is 0 Å².